The van der Waals surface area contributed by atoms with Gasteiger partial charge in [-0.2, -0.15) is 0 Å². The Kier molecular flexibility index (Phi) is 5.42. The summed E-state index contributed by atoms with van der Waals surface area (Å²) in [6.45, 7) is 1.96. The Labute approximate surface area is 128 Å². The Balaban J connectivity index is 0.00000133. The number of nitrogens with one attached hydrogen (secondary N) is 2. The van der Waals surface area contributed by atoms with Crippen LogP contribution in [0.15, 0.2) is 6.07 Å². The lowest BCUT2D eigenvalue weighted by molar-refractivity contribution is 0.0932. The fourth-order valence-electron chi connectivity index (χ4n) is 2.87. The van der Waals surface area contributed by atoms with Crippen LogP contribution in [0.25, 0.3) is 0 Å². The first-order chi connectivity index (χ1) is 8.83. The van der Waals surface area contributed by atoms with Gasteiger partial charge in [-0.25, -0.2) is 0 Å². The maximum Gasteiger partial charge on any atom is 0.261 e. The molecule has 0 unspecified atom stereocenters. The van der Waals surface area contributed by atoms with E-state index in [0.29, 0.717) is 6.04 Å². The van der Waals surface area contributed by atoms with Gasteiger partial charge in [0.1, 0.15) is 0 Å². The molecule has 2 N–H and O–H groups in total. The summed E-state index contributed by atoms with van der Waals surface area (Å²) in [4.78, 5) is 14.5. The molecule has 1 aromatic heterocycles. The zero-order chi connectivity index (χ0) is 12.4. The van der Waals surface area contributed by atoms with Gasteiger partial charge in [-0.1, -0.05) is 19.3 Å². The van der Waals surface area contributed by atoms with Crippen molar-refractivity contribution >= 4 is 34.2 Å². The van der Waals surface area contributed by atoms with Crippen LogP contribution in [0.3, 0.4) is 0 Å². The van der Waals surface area contributed by atoms with Gasteiger partial charge in [-0.15, -0.1) is 28.3 Å². The predicted octanol–water partition coefficient (Wildman–Crippen LogP) is 3.03. The summed E-state index contributed by atoms with van der Waals surface area (Å²) in [5, 5.41) is 6.54. The lowest BCUT2D eigenvalue weighted by Crippen LogP contribution is -2.35. The third-order valence-corrected chi connectivity index (χ3v) is 5.14. The monoisotopic (exact) mass is 344 g/mol. The first-order valence-electron chi connectivity index (χ1n) is 6.96. The summed E-state index contributed by atoms with van der Waals surface area (Å²) in [5.74, 6) is 0.140. The van der Waals surface area contributed by atoms with Crippen LogP contribution in [0.1, 0.15) is 52.2 Å². The fraction of sp³-hybridized carbons (Fsp3) is 0.643. The Morgan fingerprint density at radius 3 is 2.84 bits per heavy atom. The summed E-state index contributed by atoms with van der Waals surface area (Å²) in [7, 11) is 0. The van der Waals surface area contributed by atoms with Gasteiger partial charge in [0.05, 0.1) is 4.88 Å². The zero-order valence-electron chi connectivity index (χ0n) is 11.0. The van der Waals surface area contributed by atoms with E-state index >= 15 is 0 Å². The van der Waals surface area contributed by atoms with Gasteiger partial charge in [0.2, 0.25) is 0 Å². The van der Waals surface area contributed by atoms with E-state index in [1.165, 1.54) is 29.7 Å². The smallest absolute Gasteiger partial charge is 0.261 e. The molecule has 0 radical (unpaired) electrons. The first-order valence-corrected chi connectivity index (χ1v) is 7.78. The largest absolute Gasteiger partial charge is 0.349 e. The summed E-state index contributed by atoms with van der Waals surface area (Å²) < 4.78 is 0. The highest BCUT2D eigenvalue weighted by atomic mass is 79.9. The molecular formula is C14H21BrN2OS. The lowest BCUT2D eigenvalue weighted by atomic mass is 9.95. The minimum Gasteiger partial charge on any atom is -0.349 e. The van der Waals surface area contributed by atoms with Gasteiger partial charge >= 0.3 is 0 Å². The standard InChI is InChI=1S/C14H20N2OS.BrH/c17-14(16-11-4-2-1-3-5-11)13-8-10-9-15-7-6-12(10)18-13;/h8,11,15H,1-7,9H2,(H,16,17);1H. The molecule has 2 heterocycles. The Hall–Kier alpha value is -0.390. The normalized spacial score (nSPS) is 19.4. The molecular weight excluding hydrogens is 324 g/mol. The van der Waals surface area contributed by atoms with Crippen LogP contribution < -0.4 is 10.6 Å². The van der Waals surface area contributed by atoms with Gasteiger partial charge in [0, 0.05) is 24.0 Å². The maximum atomic E-state index is 12.2. The van der Waals surface area contributed by atoms with Crippen molar-refractivity contribution in [2.24, 2.45) is 0 Å². The topological polar surface area (TPSA) is 41.1 Å². The second kappa shape index (κ2) is 6.86. The Morgan fingerprint density at radius 1 is 1.32 bits per heavy atom. The second-order valence-electron chi connectivity index (χ2n) is 5.29. The average Bonchev–Trinajstić information content (AvgIpc) is 2.84. The van der Waals surface area contributed by atoms with E-state index in [1.807, 2.05) is 0 Å². The van der Waals surface area contributed by atoms with Crippen LogP contribution in [-0.4, -0.2) is 18.5 Å². The second-order valence-corrected chi connectivity index (χ2v) is 6.43. The van der Waals surface area contributed by atoms with Crippen molar-refractivity contribution in [2.45, 2.75) is 51.1 Å². The number of hydrogen-bond donors (Lipinski definition) is 2. The van der Waals surface area contributed by atoms with Crippen LogP contribution in [0, 0.1) is 0 Å². The molecule has 1 aliphatic heterocycles. The molecule has 0 saturated heterocycles. The molecule has 2 aliphatic rings. The molecule has 19 heavy (non-hydrogen) atoms. The average molecular weight is 345 g/mol. The summed E-state index contributed by atoms with van der Waals surface area (Å²) in [5.41, 5.74) is 1.32. The predicted molar refractivity (Wildman–Crippen MR) is 84.4 cm³/mol. The van der Waals surface area contributed by atoms with Crippen molar-refractivity contribution in [1.29, 1.82) is 0 Å². The SMILES string of the molecule is Br.O=C(NC1CCCCC1)c1cc2c(s1)CCNC2. The van der Waals surface area contributed by atoms with E-state index in [4.69, 9.17) is 0 Å². The van der Waals surface area contributed by atoms with Crippen LogP contribution in [0.4, 0.5) is 0 Å². The number of hydrogen-bond acceptors (Lipinski definition) is 3. The van der Waals surface area contributed by atoms with Crippen molar-refractivity contribution < 1.29 is 4.79 Å². The van der Waals surface area contributed by atoms with Gasteiger partial charge in [-0.3, -0.25) is 4.79 Å². The Bertz CT molecular complexity index is 417. The van der Waals surface area contributed by atoms with Gasteiger partial charge < -0.3 is 10.6 Å². The Morgan fingerprint density at radius 2 is 2.11 bits per heavy atom. The third kappa shape index (κ3) is 3.58. The molecule has 0 bridgehead atoms. The zero-order valence-corrected chi connectivity index (χ0v) is 13.6. The summed E-state index contributed by atoms with van der Waals surface area (Å²) >= 11 is 1.68. The molecule has 0 spiro atoms. The van der Waals surface area contributed by atoms with Gasteiger partial charge in [0.25, 0.3) is 5.91 Å². The molecule has 106 valence electrons. The van der Waals surface area contributed by atoms with Crippen molar-refractivity contribution in [3.63, 3.8) is 0 Å². The molecule has 1 saturated carbocycles. The van der Waals surface area contributed by atoms with Crippen molar-refractivity contribution in [3.05, 3.63) is 21.4 Å². The van der Waals surface area contributed by atoms with Crippen LogP contribution in [0.2, 0.25) is 0 Å². The fourth-order valence-corrected chi connectivity index (χ4v) is 3.95. The number of fused-ring (bicyclic) bond motifs is 1. The molecule has 1 aromatic rings. The molecule has 0 aromatic carbocycles. The highest BCUT2D eigenvalue weighted by Gasteiger charge is 2.20. The number of amides is 1. The highest BCUT2D eigenvalue weighted by molar-refractivity contribution is 8.93. The number of rotatable bonds is 2. The van der Waals surface area contributed by atoms with Gasteiger partial charge in [-0.05, 0) is 30.9 Å². The van der Waals surface area contributed by atoms with Crippen molar-refractivity contribution in [3.8, 4) is 0 Å². The van der Waals surface area contributed by atoms with E-state index in [0.717, 1.165) is 37.2 Å². The van der Waals surface area contributed by atoms with E-state index < -0.39 is 0 Å². The molecule has 1 amide bonds. The lowest BCUT2D eigenvalue weighted by Gasteiger charge is -2.22. The van der Waals surface area contributed by atoms with Gasteiger partial charge in [0.15, 0.2) is 0 Å². The van der Waals surface area contributed by atoms with E-state index in [-0.39, 0.29) is 22.9 Å². The number of halogens is 1. The van der Waals surface area contributed by atoms with Crippen LogP contribution in [0.5, 0.6) is 0 Å². The molecule has 0 atom stereocenters. The van der Waals surface area contributed by atoms with E-state index in [2.05, 4.69) is 16.7 Å². The van der Waals surface area contributed by atoms with Crippen LogP contribution >= 0.6 is 28.3 Å². The van der Waals surface area contributed by atoms with Crippen molar-refractivity contribution in [1.82, 2.24) is 10.6 Å². The molecule has 3 nitrogen and oxygen atoms in total. The van der Waals surface area contributed by atoms with E-state index in [9.17, 15) is 4.79 Å². The minimum absolute atomic E-state index is 0. The van der Waals surface area contributed by atoms with E-state index in [1.54, 1.807) is 11.3 Å². The summed E-state index contributed by atoms with van der Waals surface area (Å²) in [6.07, 6.45) is 7.21. The number of carbonyl (C=O) groups excluding carboxylic acids is 1. The highest BCUT2D eigenvalue weighted by Crippen LogP contribution is 2.26. The quantitative estimate of drug-likeness (QED) is 0.865. The molecule has 5 heteroatoms. The first kappa shape index (κ1) is 15.0. The third-order valence-electron chi connectivity index (χ3n) is 3.91. The molecule has 1 aliphatic carbocycles. The minimum atomic E-state index is 0. The maximum absolute atomic E-state index is 12.2. The van der Waals surface area contributed by atoms with Crippen molar-refractivity contribution in [2.75, 3.05) is 6.54 Å². The molecule has 1 fully saturated rings. The number of carbonyl (C=O) groups is 1. The molecule has 3 rings (SSSR count). The summed E-state index contributed by atoms with van der Waals surface area (Å²) in [6, 6.07) is 2.48. The van der Waals surface area contributed by atoms with Crippen LogP contribution in [-0.2, 0) is 13.0 Å². The number of thiophene rings is 1.